The Morgan fingerprint density at radius 1 is 1.22 bits per heavy atom. The van der Waals surface area contributed by atoms with E-state index in [0.29, 0.717) is 17.9 Å². The molecule has 5 heterocycles. The van der Waals surface area contributed by atoms with Crippen LogP contribution in [0.4, 0.5) is 0 Å². The van der Waals surface area contributed by atoms with E-state index in [1.165, 1.54) is 17.2 Å². The number of amides is 2. The highest BCUT2D eigenvalue weighted by Gasteiger charge is 2.76. The molecular formula is C26H33N10O5+. The molecule has 0 aliphatic carbocycles. The normalized spacial score (nSPS) is 28.6. The largest absolute Gasteiger partial charge is 0.492 e. The Morgan fingerprint density at radius 2 is 2.02 bits per heavy atom. The van der Waals surface area contributed by atoms with Crippen LogP contribution >= 0.6 is 0 Å². The maximum absolute atomic E-state index is 13.6. The summed E-state index contributed by atoms with van der Waals surface area (Å²) in [6.45, 7) is 4.51. The van der Waals surface area contributed by atoms with Gasteiger partial charge in [0.1, 0.15) is 17.8 Å². The molecule has 15 nitrogen and oxygen atoms in total. The summed E-state index contributed by atoms with van der Waals surface area (Å²) in [4.78, 5) is 35.2. The van der Waals surface area contributed by atoms with Crippen LogP contribution in [0.3, 0.4) is 0 Å². The van der Waals surface area contributed by atoms with E-state index in [2.05, 4.69) is 50.0 Å². The average Bonchev–Trinajstić information content (AvgIpc) is 3.41. The standard InChI is InChI=1S/C26H32N10O5/c1-24(2)8-10-41-18-13(5-3-6-14(18)24)20(37)32-17-12-36-23(28)31-16(11-29-21(38)15-7-4-9-30-35-15)19-25(36,26(17,39)40)34-22(27)33-19/h3-7,9,16-17,19,39-40H,8,10-12H2,1-2H3,(H2,28,31)(H,29,38)(H,32,37)(H3,27,33,34)/p+1/t16-,17?,19-,25?/m0/s1. The molecular weight excluding hydrogens is 532 g/mol. The number of nitrogens with two attached hydrogens (primary N) is 2. The van der Waals surface area contributed by atoms with Crippen LogP contribution in [0, 0.1) is 0 Å². The summed E-state index contributed by atoms with van der Waals surface area (Å²) >= 11 is 0. The second kappa shape index (κ2) is 9.27. The first-order valence-corrected chi connectivity index (χ1v) is 13.3. The van der Waals surface area contributed by atoms with E-state index in [1.807, 2.05) is 6.07 Å². The number of hydrogen-bond acceptors (Lipinski definition) is 12. The molecule has 4 atom stereocenters. The van der Waals surface area contributed by atoms with Gasteiger partial charge in [-0.2, -0.15) is 5.10 Å². The second-order valence-corrected chi connectivity index (χ2v) is 11.3. The molecule has 2 amide bonds. The molecule has 10 N–H and O–H groups in total. The summed E-state index contributed by atoms with van der Waals surface area (Å²) in [6, 6.07) is 5.60. The van der Waals surface area contributed by atoms with Crippen molar-refractivity contribution in [1.29, 1.82) is 0 Å². The highest BCUT2D eigenvalue weighted by atomic mass is 16.5. The SMILES string of the molecule is CC1(C)CCOc2c(C(=O)NC3CN4C(N)=N[C@@H](CNC(=O)c5cccnn5)[C@@H]5[NH+]=C(N)NC54C3(O)O)cccc21. The first kappa shape index (κ1) is 26.7. The third-order valence-electron chi connectivity index (χ3n) is 8.43. The summed E-state index contributed by atoms with van der Waals surface area (Å²) in [5.74, 6) is -3.09. The van der Waals surface area contributed by atoms with Crippen LogP contribution in [-0.4, -0.2) is 98.3 Å². The zero-order valence-corrected chi connectivity index (χ0v) is 22.6. The fourth-order valence-corrected chi connectivity index (χ4v) is 6.23. The number of carbonyl (C=O) groups is 2. The smallest absolute Gasteiger partial charge is 0.343 e. The van der Waals surface area contributed by atoms with Gasteiger partial charge in [-0.1, -0.05) is 26.0 Å². The molecule has 2 aromatic rings. The van der Waals surface area contributed by atoms with E-state index in [4.69, 9.17) is 16.2 Å². The number of hydrogen-bond donors (Lipinski definition) is 8. The number of ether oxygens (including phenoxy) is 1. The average molecular weight is 566 g/mol. The number of nitrogens with zero attached hydrogens (tertiary/aromatic N) is 4. The van der Waals surface area contributed by atoms with Crippen molar-refractivity contribution in [3.63, 3.8) is 0 Å². The highest BCUT2D eigenvalue weighted by molar-refractivity contribution is 5.98. The minimum absolute atomic E-state index is 0.0181. The molecule has 2 unspecified atom stereocenters. The van der Waals surface area contributed by atoms with Gasteiger partial charge in [-0.3, -0.25) is 25.2 Å². The molecule has 1 spiro atoms. The Bertz CT molecular complexity index is 1460. The van der Waals surface area contributed by atoms with Gasteiger partial charge in [-0.25, -0.2) is 10.3 Å². The lowest BCUT2D eigenvalue weighted by atomic mass is 9.79. The Hall–Kier alpha value is -4.50. The Morgan fingerprint density at radius 3 is 2.78 bits per heavy atom. The quantitative estimate of drug-likeness (QED) is 0.162. The van der Waals surface area contributed by atoms with Crippen LogP contribution in [0.1, 0.15) is 46.7 Å². The van der Waals surface area contributed by atoms with Crippen molar-refractivity contribution < 1.29 is 29.5 Å². The molecule has 0 radical (unpaired) electrons. The van der Waals surface area contributed by atoms with Crippen molar-refractivity contribution in [3.8, 4) is 5.75 Å². The van der Waals surface area contributed by atoms with Crippen molar-refractivity contribution in [1.82, 2.24) is 31.0 Å². The number of fused-ring (bicyclic) bond motifs is 1. The van der Waals surface area contributed by atoms with Gasteiger partial charge in [0.25, 0.3) is 17.5 Å². The van der Waals surface area contributed by atoms with Crippen molar-refractivity contribution >= 4 is 23.7 Å². The number of para-hydroxylation sites is 1. The van der Waals surface area contributed by atoms with E-state index in [9.17, 15) is 19.8 Å². The molecule has 4 aliphatic heterocycles. The molecule has 0 bridgehead atoms. The number of carbonyl (C=O) groups excluding carboxylic acids is 2. The van der Waals surface area contributed by atoms with E-state index < -0.39 is 41.4 Å². The third-order valence-corrected chi connectivity index (χ3v) is 8.43. The number of aliphatic hydroxyl groups is 2. The minimum atomic E-state index is -2.59. The van der Waals surface area contributed by atoms with Crippen molar-refractivity contribution in [2.45, 2.75) is 55.3 Å². The fourth-order valence-electron chi connectivity index (χ4n) is 6.23. The van der Waals surface area contributed by atoms with Gasteiger partial charge < -0.3 is 31.3 Å². The second-order valence-electron chi connectivity index (χ2n) is 11.3. The van der Waals surface area contributed by atoms with Crippen molar-refractivity contribution in [2.75, 3.05) is 19.7 Å². The lowest BCUT2D eigenvalue weighted by molar-refractivity contribution is -0.521. The van der Waals surface area contributed by atoms with Gasteiger partial charge >= 0.3 is 5.96 Å². The molecule has 1 aromatic heterocycles. The van der Waals surface area contributed by atoms with Crippen molar-refractivity contribution in [3.05, 3.63) is 53.3 Å². The van der Waals surface area contributed by atoms with E-state index in [-0.39, 0.29) is 36.1 Å². The molecule has 216 valence electrons. The summed E-state index contributed by atoms with van der Waals surface area (Å²) < 4.78 is 5.89. The summed E-state index contributed by atoms with van der Waals surface area (Å²) in [7, 11) is 0. The zero-order chi connectivity index (χ0) is 29.2. The lowest BCUT2D eigenvalue weighted by Crippen LogP contribution is -2.90. The van der Waals surface area contributed by atoms with Crippen molar-refractivity contribution in [2.24, 2.45) is 16.5 Å². The zero-order valence-electron chi connectivity index (χ0n) is 22.6. The molecule has 4 aliphatic rings. The number of aliphatic imine (C=N–C) groups is 1. The van der Waals surface area contributed by atoms with Crippen LogP contribution in [0.15, 0.2) is 41.5 Å². The number of rotatable bonds is 5. The fraction of sp³-hybridized carbons (Fsp3) is 0.462. The van der Waals surface area contributed by atoms with Crippen LogP contribution in [0.2, 0.25) is 0 Å². The minimum Gasteiger partial charge on any atom is -0.492 e. The van der Waals surface area contributed by atoms with E-state index in [0.717, 1.165) is 12.0 Å². The predicted molar refractivity (Wildman–Crippen MR) is 144 cm³/mol. The molecule has 1 saturated heterocycles. The maximum atomic E-state index is 13.6. The monoisotopic (exact) mass is 565 g/mol. The van der Waals surface area contributed by atoms with Gasteiger partial charge in [0.05, 0.1) is 18.7 Å². The van der Waals surface area contributed by atoms with E-state index >= 15 is 0 Å². The first-order chi connectivity index (χ1) is 19.5. The third kappa shape index (κ3) is 4.02. The van der Waals surface area contributed by atoms with Gasteiger partial charge in [0.15, 0.2) is 17.7 Å². The van der Waals surface area contributed by atoms with Gasteiger partial charge in [0.2, 0.25) is 5.79 Å². The highest BCUT2D eigenvalue weighted by Crippen LogP contribution is 2.43. The lowest BCUT2D eigenvalue weighted by Gasteiger charge is -2.46. The molecule has 6 rings (SSSR count). The number of benzene rings is 1. The number of aromatic nitrogens is 2. The Labute approximate surface area is 235 Å². The summed E-state index contributed by atoms with van der Waals surface area (Å²) in [6.07, 6.45) is 2.25. The Balaban J connectivity index is 1.27. The van der Waals surface area contributed by atoms with Crippen LogP contribution in [0.25, 0.3) is 0 Å². The van der Waals surface area contributed by atoms with Crippen LogP contribution in [-0.2, 0) is 5.41 Å². The van der Waals surface area contributed by atoms with Gasteiger partial charge in [-0.15, -0.1) is 5.10 Å². The molecule has 1 fully saturated rings. The maximum Gasteiger partial charge on any atom is 0.343 e. The predicted octanol–water partition coefficient (Wildman–Crippen LogP) is -4.18. The van der Waals surface area contributed by atoms with E-state index in [1.54, 1.807) is 18.2 Å². The van der Waals surface area contributed by atoms with Crippen LogP contribution in [0.5, 0.6) is 5.75 Å². The molecule has 15 heteroatoms. The number of guanidine groups is 2. The number of nitrogens with one attached hydrogen (secondary N) is 4. The topological polar surface area (TPSA) is 227 Å². The van der Waals surface area contributed by atoms with Gasteiger partial charge in [-0.05, 0) is 30.0 Å². The molecule has 1 aromatic carbocycles. The first-order valence-electron chi connectivity index (χ1n) is 13.3. The Kier molecular flexibility index (Phi) is 6.04. The summed E-state index contributed by atoms with van der Waals surface area (Å²) in [5.41, 5.74) is 11.9. The van der Waals surface area contributed by atoms with Gasteiger partial charge in [0, 0.05) is 18.3 Å². The summed E-state index contributed by atoms with van der Waals surface area (Å²) in [5, 5.41) is 39.4. The molecule has 0 saturated carbocycles. The molecule has 41 heavy (non-hydrogen) atoms. The van der Waals surface area contributed by atoms with Crippen LogP contribution < -0.4 is 37.1 Å².